The number of nitrogens with zero attached hydrogens (tertiary/aromatic N) is 2. The summed E-state index contributed by atoms with van der Waals surface area (Å²) >= 11 is 0. The van der Waals surface area contributed by atoms with Crippen LogP contribution in [0.2, 0.25) is 0 Å². The highest BCUT2D eigenvalue weighted by Crippen LogP contribution is 2.31. The number of carbonyl (C=O) groups is 1. The number of rotatable bonds is 6. The molecule has 6 nitrogen and oxygen atoms in total. The summed E-state index contributed by atoms with van der Waals surface area (Å²) in [6.07, 6.45) is 3.10. The van der Waals surface area contributed by atoms with Crippen molar-refractivity contribution in [3.8, 4) is 5.75 Å². The quantitative estimate of drug-likeness (QED) is 0.763. The number of methoxy groups -OCH3 is 1. The van der Waals surface area contributed by atoms with Crippen molar-refractivity contribution in [2.75, 3.05) is 35.7 Å². The molecule has 1 amide bonds. The largest absolute Gasteiger partial charge is 0.495 e. The Hall–Kier alpha value is -2.54. The summed E-state index contributed by atoms with van der Waals surface area (Å²) in [4.78, 5) is 14.6. The predicted molar refractivity (Wildman–Crippen MR) is 107 cm³/mol. The summed E-state index contributed by atoms with van der Waals surface area (Å²) in [6, 6.07) is 14.8. The SMILES string of the molecule is COc1ccccc1N(CCC(=O)N1CCCc2ccccc21)S(C)(=O)=O. The topological polar surface area (TPSA) is 66.9 Å². The highest BCUT2D eigenvalue weighted by molar-refractivity contribution is 7.92. The molecular formula is C20H24N2O4S. The zero-order valence-corrected chi connectivity index (χ0v) is 16.4. The van der Waals surface area contributed by atoms with Gasteiger partial charge in [-0.2, -0.15) is 0 Å². The average molecular weight is 388 g/mol. The molecule has 27 heavy (non-hydrogen) atoms. The summed E-state index contributed by atoms with van der Waals surface area (Å²) in [5.41, 5.74) is 2.52. The van der Waals surface area contributed by atoms with E-state index >= 15 is 0 Å². The molecule has 2 aromatic carbocycles. The Bertz CT molecular complexity index is 927. The molecule has 2 aromatic rings. The summed E-state index contributed by atoms with van der Waals surface area (Å²) in [5, 5.41) is 0. The number of aryl methyl sites for hydroxylation is 1. The lowest BCUT2D eigenvalue weighted by molar-refractivity contribution is -0.118. The van der Waals surface area contributed by atoms with Crippen molar-refractivity contribution in [2.24, 2.45) is 0 Å². The van der Waals surface area contributed by atoms with E-state index in [9.17, 15) is 13.2 Å². The molecule has 0 radical (unpaired) electrons. The Kier molecular flexibility index (Phi) is 5.70. The van der Waals surface area contributed by atoms with Crippen LogP contribution in [-0.2, 0) is 21.2 Å². The number of hydrogen-bond donors (Lipinski definition) is 0. The second kappa shape index (κ2) is 8.00. The minimum atomic E-state index is -3.55. The molecular weight excluding hydrogens is 364 g/mol. The van der Waals surface area contributed by atoms with Gasteiger partial charge in [0.2, 0.25) is 15.9 Å². The monoisotopic (exact) mass is 388 g/mol. The van der Waals surface area contributed by atoms with Gasteiger partial charge in [-0.1, -0.05) is 30.3 Å². The molecule has 0 aromatic heterocycles. The number of hydrogen-bond acceptors (Lipinski definition) is 4. The molecule has 0 spiro atoms. The fourth-order valence-electron chi connectivity index (χ4n) is 3.43. The number of ether oxygens (including phenoxy) is 1. The van der Waals surface area contributed by atoms with Gasteiger partial charge in [-0.05, 0) is 36.6 Å². The second-order valence-electron chi connectivity index (χ2n) is 6.53. The minimum absolute atomic E-state index is 0.0662. The summed E-state index contributed by atoms with van der Waals surface area (Å²) in [7, 11) is -2.06. The smallest absolute Gasteiger partial charge is 0.232 e. The number of fused-ring (bicyclic) bond motifs is 1. The van der Waals surface area contributed by atoms with Gasteiger partial charge in [-0.15, -0.1) is 0 Å². The first-order valence-electron chi connectivity index (χ1n) is 8.91. The molecule has 0 saturated carbocycles. The van der Waals surface area contributed by atoms with E-state index < -0.39 is 10.0 Å². The van der Waals surface area contributed by atoms with Crippen LogP contribution in [0, 0.1) is 0 Å². The van der Waals surface area contributed by atoms with E-state index in [0.717, 1.165) is 30.3 Å². The van der Waals surface area contributed by atoms with Crippen LogP contribution >= 0.6 is 0 Å². The van der Waals surface area contributed by atoms with Gasteiger partial charge in [0.15, 0.2) is 0 Å². The average Bonchev–Trinajstić information content (AvgIpc) is 2.67. The van der Waals surface area contributed by atoms with E-state index in [-0.39, 0.29) is 18.9 Å². The highest BCUT2D eigenvalue weighted by Gasteiger charge is 2.25. The zero-order chi connectivity index (χ0) is 19.4. The van der Waals surface area contributed by atoms with E-state index in [1.54, 1.807) is 29.2 Å². The fraction of sp³-hybridized carbons (Fsp3) is 0.350. The van der Waals surface area contributed by atoms with Gasteiger partial charge in [-0.3, -0.25) is 9.10 Å². The number of anilines is 2. The molecule has 0 unspecified atom stereocenters. The first-order chi connectivity index (χ1) is 12.9. The van der Waals surface area contributed by atoms with Gasteiger partial charge >= 0.3 is 0 Å². The first kappa shape index (κ1) is 19.2. The van der Waals surface area contributed by atoms with Crippen molar-refractivity contribution in [3.63, 3.8) is 0 Å². The van der Waals surface area contributed by atoms with Crippen molar-refractivity contribution in [2.45, 2.75) is 19.3 Å². The van der Waals surface area contributed by atoms with Crippen LogP contribution in [0.1, 0.15) is 18.4 Å². The van der Waals surface area contributed by atoms with Crippen molar-refractivity contribution < 1.29 is 17.9 Å². The third-order valence-corrected chi connectivity index (χ3v) is 5.87. The molecule has 0 bridgehead atoms. The van der Waals surface area contributed by atoms with E-state index in [4.69, 9.17) is 4.74 Å². The summed E-state index contributed by atoms with van der Waals surface area (Å²) in [5.74, 6) is 0.379. The Morgan fingerprint density at radius 2 is 1.85 bits per heavy atom. The highest BCUT2D eigenvalue weighted by atomic mass is 32.2. The van der Waals surface area contributed by atoms with Gasteiger partial charge in [0.1, 0.15) is 5.75 Å². The van der Waals surface area contributed by atoms with Crippen molar-refractivity contribution in [1.82, 2.24) is 0 Å². The molecule has 0 atom stereocenters. The molecule has 144 valence electrons. The van der Waals surface area contributed by atoms with E-state index in [0.29, 0.717) is 18.0 Å². The zero-order valence-electron chi connectivity index (χ0n) is 15.6. The lowest BCUT2D eigenvalue weighted by Crippen LogP contribution is -2.39. The van der Waals surface area contributed by atoms with Gasteiger partial charge < -0.3 is 9.64 Å². The Morgan fingerprint density at radius 3 is 2.59 bits per heavy atom. The molecule has 7 heteroatoms. The lowest BCUT2D eigenvalue weighted by Gasteiger charge is -2.30. The maximum absolute atomic E-state index is 12.9. The molecule has 0 fully saturated rings. The number of carbonyl (C=O) groups excluding carboxylic acids is 1. The molecule has 1 aliphatic rings. The molecule has 1 heterocycles. The molecule has 0 aliphatic carbocycles. The van der Waals surface area contributed by atoms with Gasteiger partial charge in [-0.25, -0.2) is 8.42 Å². The van der Waals surface area contributed by atoms with Crippen LogP contribution in [-0.4, -0.2) is 40.8 Å². The van der Waals surface area contributed by atoms with Gasteiger partial charge in [0.25, 0.3) is 0 Å². The second-order valence-corrected chi connectivity index (χ2v) is 8.44. The summed E-state index contributed by atoms with van der Waals surface area (Å²) in [6.45, 7) is 0.722. The van der Waals surface area contributed by atoms with E-state index in [1.807, 2.05) is 24.3 Å². The number of para-hydroxylation sites is 3. The van der Waals surface area contributed by atoms with Crippen LogP contribution in [0.5, 0.6) is 5.75 Å². The first-order valence-corrected chi connectivity index (χ1v) is 10.8. The molecule has 3 rings (SSSR count). The molecule has 1 aliphatic heterocycles. The normalized spacial score (nSPS) is 13.8. The lowest BCUT2D eigenvalue weighted by atomic mass is 10.0. The number of benzene rings is 2. The predicted octanol–water partition coefficient (Wildman–Crippen LogP) is 2.83. The summed E-state index contributed by atoms with van der Waals surface area (Å²) < 4.78 is 31.2. The van der Waals surface area contributed by atoms with Crippen LogP contribution in [0.15, 0.2) is 48.5 Å². The van der Waals surface area contributed by atoms with Crippen LogP contribution in [0.4, 0.5) is 11.4 Å². The van der Waals surface area contributed by atoms with Gasteiger partial charge in [0.05, 0.1) is 19.1 Å². The molecule has 0 saturated heterocycles. The number of amides is 1. The van der Waals surface area contributed by atoms with Crippen molar-refractivity contribution in [3.05, 3.63) is 54.1 Å². The van der Waals surface area contributed by atoms with Crippen LogP contribution in [0.25, 0.3) is 0 Å². The fourth-order valence-corrected chi connectivity index (χ4v) is 4.36. The Morgan fingerprint density at radius 1 is 1.15 bits per heavy atom. The molecule has 0 N–H and O–H groups in total. The standard InChI is InChI=1S/C20H24N2O4S/c1-26-19-12-6-5-11-18(19)22(27(2,24)25)15-13-20(23)21-14-7-9-16-8-3-4-10-17(16)21/h3-6,8,10-12H,7,9,13-15H2,1-2H3. The van der Waals surface area contributed by atoms with E-state index in [1.165, 1.54) is 11.4 Å². The third-order valence-electron chi connectivity index (χ3n) is 4.69. The van der Waals surface area contributed by atoms with Crippen molar-refractivity contribution in [1.29, 1.82) is 0 Å². The van der Waals surface area contributed by atoms with Gasteiger partial charge in [0, 0.05) is 25.2 Å². The van der Waals surface area contributed by atoms with Crippen LogP contribution in [0.3, 0.4) is 0 Å². The minimum Gasteiger partial charge on any atom is -0.495 e. The maximum Gasteiger partial charge on any atom is 0.232 e. The number of sulfonamides is 1. The maximum atomic E-state index is 12.9. The van der Waals surface area contributed by atoms with Crippen LogP contribution < -0.4 is 13.9 Å². The third kappa shape index (κ3) is 4.24. The van der Waals surface area contributed by atoms with E-state index in [2.05, 4.69) is 0 Å². The Labute approximate surface area is 160 Å². The van der Waals surface area contributed by atoms with Crippen molar-refractivity contribution >= 4 is 27.3 Å². The Balaban J connectivity index is 1.80.